The molecular weight excluding hydrogens is 342 g/mol. The number of hydrogen-bond acceptors (Lipinski definition) is 4. The Balaban J connectivity index is 1.61. The highest BCUT2D eigenvalue weighted by Gasteiger charge is 2.24. The van der Waals surface area contributed by atoms with Gasteiger partial charge in [0.25, 0.3) is 0 Å². The van der Waals surface area contributed by atoms with Crippen LogP contribution in [0.1, 0.15) is 32.1 Å². The highest BCUT2D eigenvalue weighted by atomic mass is 16.4. The number of benzene rings is 1. The summed E-state index contributed by atoms with van der Waals surface area (Å²) in [6.07, 6.45) is 7.64. The molecule has 1 aromatic carbocycles. The Kier molecular flexibility index (Phi) is 5.05. The number of aromatic nitrogens is 2. The number of para-hydroxylation sites is 2. The van der Waals surface area contributed by atoms with Gasteiger partial charge in [-0.2, -0.15) is 0 Å². The number of anilines is 1. The molecule has 6 nitrogen and oxygen atoms in total. The van der Waals surface area contributed by atoms with Crippen molar-refractivity contribution in [3.8, 4) is 0 Å². The van der Waals surface area contributed by atoms with E-state index >= 15 is 0 Å². The number of pyridine rings is 1. The van der Waals surface area contributed by atoms with Crippen LogP contribution < -0.4 is 10.7 Å². The number of nitrogens with zero attached hydrogens (tertiary/aromatic N) is 3. The average molecular weight is 365 g/mol. The van der Waals surface area contributed by atoms with Crippen molar-refractivity contribution in [1.82, 2.24) is 9.55 Å². The Hall–Kier alpha value is -2.89. The van der Waals surface area contributed by atoms with Crippen LogP contribution in [-0.2, 0) is 11.3 Å². The van der Waals surface area contributed by atoms with Crippen molar-refractivity contribution in [2.75, 3.05) is 11.4 Å². The number of rotatable bonds is 5. The molecule has 2 aromatic heterocycles. The number of oxazole rings is 1. The fourth-order valence-corrected chi connectivity index (χ4v) is 3.85. The third-order valence-corrected chi connectivity index (χ3v) is 5.26. The molecular formula is C21H23N3O3. The van der Waals surface area contributed by atoms with Crippen LogP contribution in [0.4, 0.5) is 5.82 Å². The largest absolute Gasteiger partial charge is 0.420 e. The molecule has 1 aliphatic rings. The third kappa shape index (κ3) is 3.79. The number of fused-ring (bicyclic) bond motifs is 1. The zero-order valence-electron chi connectivity index (χ0n) is 15.2. The van der Waals surface area contributed by atoms with Crippen LogP contribution in [0.15, 0.2) is 57.9 Å². The minimum absolute atomic E-state index is 0.0564. The summed E-state index contributed by atoms with van der Waals surface area (Å²) in [5.74, 6) is 0.451. The van der Waals surface area contributed by atoms with Crippen molar-refractivity contribution in [3.63, 3.8) is 0 Å². The summed E-state index contributed by atoms with van der Waals surface area (Å²) < 4.78 is 6.65. The van der Waals surface area contributed by atoms with Gasteiger partial charge in [-0.1, -0.05) is 37.5 Å². The molecule has 0 bridgehead atoms. The molecule has 0 saturated heterocycles. The van der Waals surface area contributed by atoms with Crippen molar-refractivity contribution in [3.05, 3.63) is 59.2 Å². The Labute approximate surface area is 157 Å². The molecule has 0 atom stereocenters. The second-order valence-corrected chi connectivity index (χ2v) is 7.12. The van der Waals surface area contributed by atoms with E-state index in [1.165, 1.54) is 23.8 Å². The maximum Gasteiger partial charge on any atom is 0.420 e. The van der Waals surface area contributed by atoms with Crippen LogP contribution in [0.25, 0.3) is 11.1 Å². The summed E-state index contributed by atoms with van der Waals surface area (Å²) in [5.41, 5.74) is 1.13. The van der Waals surface area contributed by atoms with E-state index in [2.05, 4.69) is 4.98 Å². The van der Waals surface area contributed by atoms with E-state index in [0.29, 0.717) is 29.4 Å². The molecule has 0 radical (unpaired) electrons. The summed E-state index contributed by atoms with van der Waals surface area (Å²) in [4.78, 5) is 31.5. The normalized spacial score (nSPS) is 15.1. The first-order chi connectivity index (χ1) is 13.2. The lowest BCUT2D eigenvalue weighted by Gasteiger charge is -2.29. The number of hydrogen-bond donors (Lipinski definition) is 0. The molecule has 0 aliphatic heterocycles. The molecule has 1 aliphatic carbocycles. The second-order valence-electron chi connectivity index (χ2n) is 7.12. The maximum atomic E-state index is 13.2. The molecule has 6 heteroatoms. The molecule has 1 fully saturated rings. The van der Waals surface area contributed by atoms with Gasteiger partial charge in [-0.25, -0.2) is 9.78 Å². The quantitative estimate of drug-likeness (QED) is 0.693. The molecule has 0 spiro atoms. The Bertz CT molecular complexity index is 971. The minimum atomic E-state index is -0.511. The second kappa shape index (κ2) is 7.78. The lowest BCUT2D eigenvalue weighted by atomic mass is 9.89. The van der Waals surface area contributed by atoms with E-state index in [1.807, 2.05) is 24.3 Å². The highest BCUT2D eigenvalue weighted by Crippen LogP contribution is 2.26. The molecule has 1 amide bonds. The number of carbonyl (C=O) groups excluding carboxylic acids is 1. The standard InChI is InChI=1S/C21H23N3O3/c25-20(15-23-17-10-4-5-11-18(17)27-21(23)26)24(19-12-6-7-13-22-19)14-16-8-2-1-3-9-16/h4-7,10-13,16H,1-3,8-9,14-15H2. The van der Waals surface area contributed by atoms with Crippen LogP contribution in [-0.4, -0.2) is 22.0 Å². The summed E-state index contributed by atoms with van der Waals surface area (Å²) >= 11 is 0. The summed E-state index contributed by atoms with van der Waals surface area (Å²) in [6, 6.07) is 12.7. The van der Waals surface area contributed by atoms with E-state index < -0.39 is 5.76 Å². The van der Waals surface area contributed by atoms with E-state index in [-0.39, 0.29) is 12.5 Å². The molecule has 0 N–H and O–H groups in total. The molecule has 2 heterocycles. The summed E-state index contributed by atoms with van der Waals surface area (Å²) in [7, 11) is 0. The topological polar surface area (TPSA) is 68.3 Å². The van der Waals surface area contributed by atoms with E-state index in [1.54, 1.807) is 29.3 Å². The van der Waals surface area contributed by atoms with Crippen molar-refractivity contribution >= 4 is 22.8 Å². The van der Waals surface area contributed by atoms with Crippen LogP contribution in [0.5, 0.6) is 0 Å². The van der Waals surface area contributed by atoms with Crippen molar-refractivity contribution in [2.45, 2.75) is 38.6 Å². The van der Waals surface area contributed by atoms with Gasteiger partial charge in [0.15, 0.2) is 5.58 Å². The molecule has 3 aromatic rings. The summed E-state index contributed by atoms with van der Waals surface area (Å²) in [6.45, 7) is 0.583. The zero-order valence-corrected chi connectivity index (χ0v) is 15.2. The monoisotopic (exact) mass is 365 g/mol. The lowest BCUT2D eigenvalue weighted by molar-refractivity contribution is -0.119. The van der Waals surface area contributed by atoms with Crippen LogP contribution in [0.3, 0.4) is 0 Å². The number of carbonyl (C=O) groups is 1. The van der Waals surface area contributed by atoms with Gasteiger partial charge in [-0.3, -0.25) is 14.3 Å². The maximum absolute atomic E-state index is 13.2. The predicted octanol–water partition coefficient (Wildman–Crippen LogP) is 3.60. The van der Waals surface area contributed by atoms with Crippen LogP contribution in [0.2, 0.25) is 0 Å². The first-order valence-corrected chi connectivity index (χ1v) is 9.52. The van der Waals surface area contributed by atoms with Crippen LogP contribution >= 0.6 is 0 Å². The first-order valence-electron chi connectivity index (χ1n) is 9.52. The van der Waals surface area contributed by atoms with E-state index in [4.69, 9.17) is 4.42 Å². The third-order valence-electron chi connectivity index (χ3n) is 5.26. The highest BCUT2D eigenvalue weighted by molar-refractivity contribution is 5.93. The lowest BCUT2D eigenvalue weighted by Crippen LogP contribution is -2.40. The first kappa shape index (κ1) is 17.5. The van der Waals surface area contributed by atoms with Gasteiger partial charge in [0.1, 0.15) is 12.4 Å². The van der Waals surface area contributed by atoms with Gasteiger partial charge in [0.05, 0.1) is 5.52 Å². The SMILES string of the molecule is O=C(Cn1c(=O)oc2ccccc21)N(CC1CCCCC1)c1ccccn1. The Morgan fingerprint density at radius 1 is 1.11 bits per heavy atom. The van der Waals surface area contributed by atoms with Gasteiger partial charge >= 0.3 is 5.76 Å². The van der Waals surface area contributed by atoms with E-state index in [0.717, 1.165) is 12.8 Å². The molecule has 27 heavy (non-hydrogen) atoms. The smallest absolute Gasteiger partial charge is 0.408 e. The molecule has 4 rings (SSSR count). The fourth-order valence-electron chi connectivity index (χ4n) is 3.85. The van der Waals surface area contributed by atoms with Gasteiger partial charge < -0.3 is 4.42 Å². The van der Waals surface area contributed by atoms with Crippen molar-refractivity contribution < 1.29 is 9.21 Å². The van der Waals surface area contributed by atoms with Crippen LogP contribution in [0, 0.1) is 5.92 Å². The molecule has 0 unspecified atom stereocenters. The number of amides is 1. The van der Waals surface area contributed by atoms with Crippen molar-refractivity contribution in [1.29, 1.82) is 0 Å². The Morgan fingerprint density at radius 3 is 2.67 bits per heavy atom. The average Bonchev–Trinajstić information content (AvgIpc) is 3.03. The zero-order chi connectivity index (χ0) is 18.6. The Morgan fingerprint density at radius 2 is 1.89 bits per heavy atom. The molecule has 140 valence electrons. The molecule has 1 saturated carbocycles. The van der Waals surface area contributed by atoms with Crippen molar-refractivity contribution in [2.24, 2.45) is 5.92 Å². The van der Waals surface area contributed by atoms with Gasteiger partial charge in [-0.15, -0.1) is 0 Å². The minimum Gasteiger partial charge on any atom is -0.408 e. The van der Waals surface area contributed by atoms with Gasteiger partial charge in [0.2, 0.25) is 5.91 Å². The summed E-state index contributed by atoms with van der Waals surface area (Å²) in [5, 5.41) is 0. The van der Waals surface area contributed by atoms with Gasteiger partial charge in [-0.05, 0) is 43.0 Å². The van der Waals surface area contributed by atoms with E-state index in [9.17, 15) is 9.59 Å². The predicted molar refractivity (Wildman–Crippen MR) is 104 cm³/mol. The fraction of sp³-hybridized carbons (Fsp3) is 0.381. The van der Waals surface area contributed by atoms with Gasteiger partial charge in [0, 0.05) is 12.7 Å².